The molecule has 0 aliphatic rings. The molecule has 2 N–H and O–H groups in total. The summed E-state index contributed by atoms with van der Waals surface area (Å²) in [5.41, 5.74) is 6.27. The zero-order valence-corrected chi connectivity index (χ0v) is 13.9. The van der Waals surface area contributed by atoms with Crippen molar-refractivity contribution < 1.29 is 19.0 Å². The van der Waals surface area contributed by atoms with Crippen molar-refractivity contribution in [2.45, 2.75) is 20.1 Å². The topological polar surface area (TPSA) is 88.2 Å². The van der Waals surface area contributed by atoms with Crippen LogP contribution in [0.25, 0.3) is 0 Å². The van der Waals surface area contributed by atoms with E-state index in [1.54, 1.807) is 12.1 Å². The molecule has 1 heterocycles. The maximum atomic E-state index is 5.81. The first-order valence-electron chi connectivity index (χ1n) is 6.51. The van der Waals surface area contributed by atoms with Gasteiger partial charge in [-0.1, -0.05) is 5.16 Å². The molecule has 0 atom stereocenters. The van der Waals surface area contributed by atoms with Crippen molar-refractivity contribution in [3.8, 4) is 5.88 Å². The van der Waals surface area contributed by atoms with E-state index in [9.17, 15) is 0 Å². The Morgan fingerprint density at radius 3 is 2.57 bits per heavy atom. The van der Waals surface area contributed by atoms with Crippen LogP contribution in [0.1, 0.15) is 19.5 Å². The monoisotopic (exact) mass is 361 g/mol. The van der Waals surface area contributed by atoms with Gasteiger partial charge in [0.05, 0.1) is 11.6 Å². The van der Waals surface area contributed by atoms with Crippen molar-refractivity contribution in [3.05, 3.63) is 22.3 Å². The molecule has 0 aliphatic carbocycles. The van der Waals surface area contributed by atoms with Crippen LogP contribution in [0, 0.1) is 0 Å². The second-order valence-corrected chi connectivity index (χ2v) is 4.65. The van der Waals surface area contributed by atoms with E-state index in [1.807, 2.05) is 13.8 Å². The van der Waals surface area contributed by atoms with Gasteiger partial charge in [0.1, 0.15) is 5.69 Å². The third-order valence-corrected chi connectivity index (χ3v) is 2.95. The molecule has 0 amide bonds. The molecule has 0 saturated heterocycles. The van der Waals surface area contributed by atoms with Crippen LogP contribution >= 0.6 is 15.9 Å². The molecule has 0 bridgehead atoms. The number of aromatic nitrogens is 1. The van der Waals surface area contributed by atoms with Crippen LogP contribution in [0.3, 0.4) is 0 Å². The standard InChI is InChI=1S/C13H20BrN3O4/c1-4-19-11(20-5-2)8-21-17-12(15)10-7-6-9(14)13(16-10)18-3/h6-7,11H,4-5,8H2,1-3H3,(H2,15,17). The minimum Gasteiger partial charge on any atom is -0.480 e. The van der Waals surface area contributed by atoms with Crippen LogP contribution in [0.4, 0.5) is 0 Å². The molecule has 1 rings (SSSR count). The summed E-state index contributed by atoms with van der Waals surface area (Å²) in [6, 6.07) is 3.48. The summed E-state index contributed by atoms with van der Waals surface area (Å²) in [6.07, 6.45) is -0.469. The Hall–Kier alpha value is -1.38. The van der Waals surface area contributed by atoms with E-state index in [-0.39, 0.29) is 12.4 Å². The Morgan fingerprint density at radius 2 is 2.00 bits per heavy atom. The molecule has 1 aromatic heterocycles. The molecular formula is C13H20BrN3O4. The van der Waals surface area contributed by atoms with Gasteiger partial charge in [0.25, 0.3) is 0 Å². The summed E-state index contributed by atoms with van der Waals surface area (Å²) in [7, 11) is 1.52. The smallest absolute Gasteiger partial charge is 0.228 e. The first kappa shape index (κ1) is 17.7. The molecule has 0 unspecified atom stereocenters. The van der Waals surface area contributed by atoms with Gasteiger partial charge >= 0.3 is 0 Å². The summed E-state index contributed by atoms with van der Waals surface area (Å²) >= 11 is 3.31. The summed E-state index contributed by atoms with van der Waals surface area (Å²) in [4.78, 5) is 9.34. The van der Waals surface area contributed by atoms with Crippen molar-refractivity contribution in [3.63, 3.8) is 0 Å². The van der Waals surface area contributed by atoms with Gasteiger partial charge in [-0.25, -0.2) is 4.98 Å². The van der Waals surface area contributed by atoms with Crippen molar-refractivity contribution in [2.75, 3.05) is 26.9 Å². The highest BCUT2D eigenvalue weighted by atomic mass is 79.9. The van der Waals surface area contributed by atoms with Crippen molar-refractivity contribution >= 4 is 21.8 Å². The second-order valence-electron chi connectivity index (χ2n) is 3.80. The second kappa shape index (κ2) is 9.54. The van der Waals surface area contributed by atoms with E-state index >= 15 is 0 Å². The molecule has 7 nitrogen and oxygen atoms in total. The number of nitrogens with zero attached hydrogens (tertiary/aromatic N) is 2. The van der Waals surface area contributed by atoms with Gasteiger partial charge in [-0.15, -0.1) is 0 Å². The van der Waals surface area contributed by atoms with E-state index < -0.39 is 6.29 Å². The van der Waals surface area contributed by atoms with Gasteiger partial charge in [-0.05, 0) is 41.9 Å². The Labute approximate surface area is 132 Å². The van der Waals surface area contributed by atoms with Gasteiger partial charge in [0.15, 0.2) is 18.7 Å². The van der Waals surface area contributed by atoms with Crippen LogP contribution in [0.15, 0.2) is 21.8 Å². The minimum atomic E-state index is -0.469. The number of hydrogen-bond donors (Lipinski definition) is 1. The summed E-state index contributed by atoms with van der Waals surface area (Å²) < 4.78 is 16.5. The highest BCUT2D eigenvalue weighted by Gasteiger charge is 2.10. The lowest BCUT2D eigenvalue weighted by Crippen LogP contribution is -2.24. The normalized spacial score (nSPS) is 11.8. The Bertz CT molecular complexity index is 465. The van der Waals surface area contributed by atoms with Gasteiger partial charge in [0, 0.05) is 13.2 Å². The molecule has 21 heavy (non-hydrogen) atoms. The molecular weight excluding hydrogens is 342 g/mol. The Morgan fingerprint density at radius 1 is 1.33 bits per heavy atom. The Kier molecular flexibility index (Phi) is 8.03. The van der Waals surface area contributed by atoms with Gasteiger partial charge < -0.3 is 24.8 Å². The van der Waals surface area contributed by atoms with Gasteiger partial charge in [0.2, 0.25) is 5.88 Å². The molecule has 0 aromatic carbocycles. The fraction of sp³-hybridized carbons (Fsp3) is 0.538. The third-order valence-electron chi connectivity index (χ3n) is 2.35. The summed E-state index contributed by atoms with van der Waals surface area (Å²) in [5, 5.41) is 3.80. The first-order valence-corrected chi connectivity index (χ1v) is 7.31. The number of nitrogens with two attached hydrogens (primary N) is 1. The molecule has 1 aromatic rings. The third kappa shape index (κ3) is 5.86. The van der Waals surface area contributed by atoms with E-state index in [1.165, 1.54) is 7.11 Å². The highest BCUT2D eigenvalue weighted by Crippen LogP contribution is 2.21. The Balaban J connectivity index is 2.63. The van der Waals surface area contributed by atoms with Gasteiger partial charge in [-0.2, -0.15) is 0 Å². The molecule has 0 saturated carbocycles. The van der Waals surface area contributed by atoms with E-state index in [0.29, 0.717) is 24.8 Å². The maximum absolute atomic E-state index is 5.81. The molecule has 118 valence electrons. The SMILES string of the molecule is CCOC(CO/N=C(\N)c1ccc(Br)c(OC)n1)OCC. The maximum Gasteiger partial charge on any atom is 0.228 e. The lowest BCUT2D eigenvalue weighted by atomic mass is 10.3. The van der Waals surface area contributed by atoms with Gasteiger partial charge in [-0.3, -0.25) is 0 Å². The predicted molar refractivity (Wildman–Crippen MR) is 82.2 cm³/mol. The van der Waals surface area contributed by atoms with Crippen molar-refractivity contribution in [1.29, 1.82) is 0 Å². The average Bonchev–Trinajstić information content (AvgIpc) is 2.48. The molecule has 0 spiro atoms. The first-order chi connectivity index (χ1) is 10.1. The lowest BCUT2D eigenvalue weighted by molar-refractivity contribution is -0.167. The highest BCUT2D eigenvalue weighted by molar-refractivity contribution is 9.10. The number of methoxy groups -OCH3 is 1. The van der Waals surface area contributed by atoms with E-state index in [4.69, 9.17) is 24.8 Å². The number of amidine groups is 1. The molecule has 0 fully saturated rings. The number of halogens is 1. The van der Waals surface area contributed by atoms with Crippen LogP contribution in [0.2, 0.25) is 0 Å². The van der Waals surface area contributed by atoms with Crippen LogP contribution in [-0.4, -0.2) is 44.0 Å². The number of pyridine rings is 1. The largest absolute Gasteiger partial charge is 0.480 e. The van der Waals surface area contributed by atoms with Crippen molar-refractivity contribution in [2.24, 2.45) is 10.9 Å². The molecule has 0 radical (unpaired) electrons. The van der Waals surface area contributed by atoms with Crippen LogP contribution in [0.5, 0.6) is 5.88 Å². The number of oxime groups is 1. The fourth-order valence-corrected chi connectivity index (χ4v) is 1.82. The zero-order valence-electron chi connectivity index (χ0n) is 12.3. The van der Waals surface area contributed by atoms with Crippen LogP contribution in [-0.2, 0) is 14.3 Å². The van der Waals surface area contributed by atoms with E-state index in [2.05, 4.69) is 26.1 Å². The number of hydrogen-bond acceptors (Lipinski definition) is 6. The predicted octanol–water partition coefficient (Wildman–Crippen LogP) is 1.89. The fourth-order valence-electron chi connectivity index (χ4n) is 1.44. The zero-order chi connectivity index (χ0) is 15.7. The summed E-state index contributed by atoms with van der Waals surface area (Å²) in [5.74, 6) is 0.569. The average molecular weight is 362 g/mol. The summed E-state index contributed by atoms with van der Waals surface area (Å²) in [6.45, 7) is 4.96. The van der Waals surface area contributed by atoms with Crippen LogP contribution < -0.4 is 10.5 Å². The minimum absolute atomic E-state index is 0.146. The quantitative estimate of drug-likeness (QED) is 0.312. The van der Waals surface area contributed by atoms with E-state index in [0.717, 1.165) is 4.47 Å². The van der Waals surface area contributed by atoms with Crippen molar-refractivity contribution in [1.82, 2.24) is 4.98 Å². The lowest BCUT2D eigenvalue weighted by Gasteiger charge is -2.15. The molecule has 0 aliphatic heterocycles. The number of ether oxygens (including phenoxy) is 3. The molecule has 8 heteroatoms. The number of rotatable bonds is 9.